The molecule has 2 rings (SSSR count). The SMILES string of the molecule is CC(C)CCn1c(CC(=O)O)nc2cc(F)ccc21. The van der Waals surface area contributed by atoms with Crippen molar-refractivity contribution in [1.82, 2.24) is 9.55 Å². The normalized spacial score (nSPS) is 11.4. The standard InChI is InChI=1S/C14H17FN2O2/c1-9(2)5-6-17-12-4-3-10(15)7-11(12)16-13(17)8-14(18)19/h3-4,7,9H,5-6,8H2,1-2H3,(H,18,19). The molecule has 102 valence electrons. The average molecular weight is 264 g/mol. The van der Waals surface area contributed by atoms with Crippen molar-refractivity contribution in [2.45, 2.75) is 33.2 Å². The molecule has 0 atom stereocenters. The van der Waals surface area contributed by atoms with E-state index in [1.807, 2.05) is 4.57 Å². The molecule has 0 fully saturated rings. The molecule has 0 bridgehead atoms. The molecule has 0 radical (unpaired) electrons. The summed E-state index contributed by atoms with van der Waals surface area (Å²) in [5, 5.41) is 8.92. The highest BCUT2D eigenvalue weighted by Gasteiger charge is 2.14. The minimum atomic E-state index is -0.929. The Hall–Kier alpha value is -1.91. The zero-order valence-electron chi connectivity index (χ0n) is 11.1. The number of carboxylic acids is 1. The monoisotopic (exact) mass is 264 g/mol. The first-order valence-electron chi connectivity index (χ1n) is 6.34. The topological polar surface area (TPSA) is 55.1 Å². The van der Waals surface area contributed by atoms with E-state index in [1.165, 1.54) is 12.1 Å². The fourth-order valence-corrected chi connectivity index (χ4v) is 2.06. The van der Waals surface area contributed by atoms with Crippen LogP contribution in [0.25, 0.3) is 11.0 Å². The summed E-state index contributed by atoms with van der Waals surface area (Å²) in [7, 11) is 0. The quantitative estimate of drug-likeness (QED) is 0.903. The van der Waals surface area contributed by atoms with Gasteiger partial charge in [0.2, 0.25) is 0 Å². The second kappa shape index (κ2) is 5.38. The van der Waals surface area contributed by atoms with Crippen molar-refractivity contribution in [1.29, 1.82) is 0 Å². The number of aromatic nitrogens is 2. The number of imidazole rings is 1. The summed E-state index contributed by atoms with van der Waals surface area (Å²) in [4.78, 5) is 15.1. The van der Waals surface area contributed by atoms with Crippen molar-refractivity contribution in [3.05, 3.63) is 29.8 Å². The van der Waals surface area contributed by atoms with Crippen molar-refractivity contribution in [2.75, 3.05) is 0 Å². The molecule has 1 aromatic carbocycles. The van der Waals surface area contributed by atoms with Crippen LogP contribution in [0.3, 0.4) is 0 Å². The van der Waals surface area contributed by atoms with Crippen LogP contribution in [0.1, 0.15) is 26.1 Å². The minimum Gasteiger partial charge on any atom is -0.481 e. The van der Waals surface area contributed by atoms with Crippen LogP contribution in [0.5, 0.6) is 0 Å². The van der Waals surface area contributed by atoms with Gasteiger partial charge in [0.05, 0.1) is 11.0 Å². The predicted octanol–water partition coefficient (Wildman–Crippen LogP) is 2.85. The number of aliphatic carboxylic acids is 1. The molecule has 4 nitrogen and oxygen atoms in total. The van der Waals surface area contributed by atoms with E-state index in [0.29, 0.717) is 23.8 Å². The fraction of sp³-hybridized carbons (Fsp3) is 0.429. The Labute approximate surface area is 110 Å². The zero-order valence-corrected chi connectivity index (χ0v) is 11.1. The van der Waals surface area contributed by atoms with Crippen molar-refractivity contribution in [3.63, 3.8) is 0 Å². The number of halogens is 1. The molecular formula is C14H17FN2O2. The van der Waals surface area contributed by atoms with E-state index in [1.54, 1.807) is 6.07 Å². The first-order chi connectivity index (χ1) is 8.97. The first-order valence-corrected chi connectivity index (χ1v) is 6.34. The van der Waals surface area contributed by atoms with Gasteiger partial charge in [0.25, 0.3) is 0 Å². The molecule has 2 aromatic rings. The van der Waals surface area contributed by atoms with Crippen LogP contribution in [0, 0.1) is 11.7 Å². The van der Waals surface area contributed by atoms with Gasteiger partial charge >= 0.3 is 5.97 Å². The maximum atomic E-state index is 13.2. The van der Waals surface area contributed by atoms with Crippen molar-refractivity contribution >= 4 is 17.0 Å². The third kappa shape index (κ3) is 3.10. The van der Waals surface area contributed by atoms with E-state index >= 15 is 0 Å². The number of carbonyl (C=O) groups is 1. The fourth-order valence-electron chi connectivity index (χ4n) is 2.06. The molecule has 1 heterocycles. The molecule has 5 heteroatoms. The first kappa shape index (κ1) is 13.5. The summed E-state index contributed by atoms with van der Waals surface area (Å²) in [5.74, 6) is -0.297. The number of hydrogen-bond donors (Lipinski definition) is 1. The van der Waals surface area contributed by atoms with Gasteiger partial charge in [0.1, 0.15) is 18.1 Å². The van der Waals surface area contributed by atoms with Gasteiger partial charge in [-0.25, -0.2) is 9.37 Å². The number of fused-ring (bicyclic) bond motifs is 1. The zero-order chi connectivity index (χ0) is 14.0. The third-order valence-corrected chi connectivity index (χ3v) is 3.03. The maximum Gasteiger partial charge on any atom is 0.311 e. The Kier molecular flexibility index (Phi) is 3.83. The van der Waals surface area contributed by atoms with Gasteiger partial charge in [0.15, 0.2) is 0 Å². The summed E-state index contributed by atoms with van der Waals surface area (Å²) < 4.78 is 15.1. The molecule has 0 unspecified atom stereocenters. The van der Waals surface area contributed by atoms with Gasteiger partial charge in [-0.2, -0.15) is 0 Å². The maximum absolute atomic E-state index is 13.2. The molecule has 0 amide bonds. The summed E-state index contributed by atoms with van der Waals surface area (Å²) in [6.45, 7) is 4.91. The van der Waals surface area contributed by atoms with E-state index < -0.39 is 5.97 Å². The summed E-state index contributed by atoms with van der Waals surface area (Å²) >= 11 is 0. The van der Waals surface area contributed by atoms with Crippen LogP contribution in [0.2, 0.25) is 0 Å². The Morgan fingerprint density at radius 1 is 1.47 bits per heavy atom. The van der Waals surface area contributed by atoms with Crippen molar-refractivity contribution in [2.24, 2.45) is 5.92 Å². The summed E-state index contributed by atoms with van der Waals surface area (Å²) in [5.41, 5.74) is 1.30. The van der Waals surface area contributed by atoms with Crippen molar-refractivity contribution in [3.8, 4) is 0 Å². The van der Waals surface area contributed by atoms with E-state index in [-0.39, 0.29) is 12.2 Å². The van der Waals surface area contributed by atoms with Gasteiger partial charge in [-0.3, -0.25) is 4.79 Å². The average Bonchev–Trinajstić information content (AvgIpc) is 2.61. The Balaban J connectivity index is 2.45. The number of hydrogen-bond acceptors (Lipinski definition) is 2. The second-order valence-electron chi connectivity index (χ2n) is 5.07. The highest BCUT2D eigenvalue weighted by molar-refractivity contribution is 5.78. The smallest absolute Gasteiger partial charge is 0.311 e. The van der Waals surface area contributed by atoms with E-state index in [4.69, 9.17) is 5.11 Å². The molecule has 0 saturated heterocycles. The molecule has 0 saturated carbocycles. The van der Waals surface area contributed by atoms with Gasteiger partial charge in [-0.05, 0) is 24.5 Å². The van der Waals surface area contributed by atoms with Crippen LogP contribution in [0.15, 0.2) is 18.2 Å². The van der Waals surface area contributed by atoms with Crippen molar-refractivity contribution < 1.29 is 14.3 Å². The molecule has 1 N–H and O–H groups in total. The molecule has 0 aliphatic carbocycles. The predicted molar refractivity (Wildman–Crippen MR) is 70.5 cm³/mol. The van der Waals surface area contributed by atoms with Crippen LogP contribution >= 0.6 is 0 Å². The van der Waals surface area contributed by atoms with E-state index in [2.05, 4.69) is 18.8 Å². The molecule has 19 heavy (non-hydrogen) atoms. The Bertz CT molecular complexity index is 605. The number of carboxylic acid groups (broad SMARTS) is 1. The highest BCUT2D eigenvalue weighted by atomic mass is 19.1. The minimum absolute atomic E-state index is 0.144. The number of rotatable bonds is 5. The summed E-state index contributed by atoms with van der Waals surface area (Å²) in [6.07, 6.45) is 0.782. The lowest BCUT2D eigenvalue weighted by atomic mass is 10.1. The largest absolute Gasteiger partial charge is 0.481 e. The second-order valence-corrected chi connectivity index (χ2v) is 5.07. The summed E-state index contributed by atoms with van der Waals surface area (Å²) in [6, 6.07) is 4.37. The number of benzene rings is 1. The Morgan fingerprint density at radius 3 is 2.84 bits per heavy atom. The van der Waals surface area contributed by atoms with E-state index in [9.17, 15) is 9.18 Å². The lowest BCUT2D eigenvalue weighted by Gasteiger charge is -2.10. The third-order valence-electron chi connectivity index (χ3n) is 3.03. The molecule has 1 aromatic heterocycles. The Morgan fingerprint density at radius 2 is 2.21 bits per heavy atom. The molecule has 0 spiro atoms. The molecular weight excluding hydrogens is 247 g/mol. The van der Waals surface area contributed by atoms with Gasteiger partial charge in [-0.1, -0.05) is 13.8 Å². The van der Waals surface area contributed by atoms with Crippen LogP contribution in [-0.4, -0.2) is 20.6 Å². The molecule has 0 aliphatic rings. The van der Waals surface area contributed by atoms with Crippen LogP contribution in [0.4, 0.5) is 4.39 Å². The number of aryl methyl sites for hydroxylation is 1. The highest BCUT2D eigenvalue weighted by Crippen LogP contribution is 2.19. The lowest BCUT2D eigenvalue weighted by Crippen LogP contribution is -2.10. The van der Waals surface area contributed by atoms with Crippen LogP contribution in [-0.2, 0) is 17.8 Å². The van der Waals surface area contributed by atoms with Gasteiger partial charge in [-0.15, -0.1) is 0 Å². The van der Waals surface area contributed by atoms with Crippen LogP contribution < -0.4 is 0 Å². The van der Waals surface area contributed by atoms with E-state index in [0.717, 1.165) is 11.9 Å². The molecule has 0 aliphatic heterocycles. The number of nitrogens with zero attached hydrogens (tertiary/aromatic N) is 2. The van der Waals surface area contributed by atoms with Gasteiger partial charge < -0.3 is 9.67 Å². The van der Waals surface area contributed by atoms with Gasteiger partial charge in [0, 0.05) is 12.6 Å². The lowest BCUT2D eigenvalue weighted by molar-refractivity contribution is -0.136.